The number of hydrogen-bond acceptors (Lipinski definition) is 5. The van der Waals surface area contributed by atoms with Crippen LogP contribution in [0.25, 0.3) is 22.5 Å². The van der Waals surface area contributed by atoms with E-state index in [0.717, 1.165) is 28.1 Å². The molecule has 4 aromatic rings. The lowest BCUT2D eigenvalue weighted by atomic mass is 10.1. The maximum Gasteiger partial charge on any atom is 0.269 e. The van der Waals surface area contributed by atoms with E-state index in [-0.39, 0.29) is 11.8 Å². The molecule has 0 aliphatic heterocycles. The molecule has 0 bridgehead atoms. The van der Waals surface area contributed by atoms with Crippen LogP contribution < -0.4 is 0 Å². The molecule has 5 heteroatoms. The predicted octanol–water partition coefficient (Wildman–Crippen LogP) is 6.67. The first-order chi connectivity index (χ1) is 14.6. The summed E-state index contributed by atoms with van der Waals surface area (Å²) in [5.41, 5.74) is 5.75. The highest BCUT2D eigenvalue weighted by atomic mass is 16.3. The highest BCUT2D eigenvalue weighted by molar-refractivity contribution is 5.69. The molecule has 0 amide bonds. The van der Waals surface area contributed by atoms with E-state index >= 15 is 0 Å². The quantitative estimate of drug-likeness (QED) is 0.384. The van der Waals surface area contributed by atoms with Gasteiger partial charge in [-0.05, 0) is 37.6 Å². The molecule has 0 fully saturated rings. The van der Waals surface area contributed by atoms with E-state index in [1.54, 1.807) is 12.1 Å². The molecular formula is C25H22N4O. The SMILES string of the molecule is Cc1ccc(-c2cc(-c3ccccc3)nc(N=NC(C)c3ccc(O)cc3)n2)cc1. The Bertz CT molecular complexity index is 1150. The van der Waals surface area contributed by atoms with Gasteiger partial charge in [-0.3, -0.25) is 0 Å². The van der Waals surface area contributed by atoms with Crippen LogP contribution in [0.15, 0.2) is 95.2 Å². The predicted molar refractivity (Wildman–Crippen MR) is 119 cm³/mol. The summed E-state index contributed by atoms with van der Waals surface area (Å²) < 4.78 is 0. The minimum Gasteiger partial charge on any atom is -0.508 e. The minimum absolute atomic E-state index is 0.183. The summed E-state index contributed by atoms with van der Waals surface area (Å²) in [7, 11) is 0. The molecule has 1 N–H and O–H groups in total. The van der Waals surface area contributed by atoms with E-state index in [1.165, 1.54) is 5.56 Å². The van der Waals surface area contributed by atoms with Crippen molar-refractivity contribution in [2.24, 2.45) is 10.2 Å². The number of nitrogens with zero attached hydrogens (tertiary/aromatic N) is 4. The summed E-state index contributed by atoms with van der Waals surface area (Å²) >= 11 is 0. The number of phenolic OH excluding ortho intramolecular Hbond substituents is 1. The van der Waals surface area contributed by atoms with Gasteiger partial charge < -0.3 is 5.11 Å². The highest BCUT2D eigenvalue weighted by Gasteiger charge is 2.10. The van der Waals surface area contributed by atoms with Gasteiger partial charge in [0.25, 0.3) is 5.95 Å². The molecule has 1 unspecified atom stereocenters. The Morgan fingerprint density at radius 1 is 0.767 bits per heavy atom. The molecule has 0 aliphatic rings. The van der Waals surface area contributed by atoms with Crippen LogP contribution >= 0.6 is 0 Å². The molecule has 148 valence electrons. The van der Waals surface area contributed by atoms with Crippen molar-refractivity contribution in [2.75, 3.05) is 0 Å². The van der Waals surface area contributed by atoms with Crippen LogP contribution in [0.5, 0.6) is 5.75 Å². The van der Waals surface area contributed by atoms with Crippen LogP contribution in [0.3, 0.4) is 0 Å². The first kappa shape index (κ1) is 19.5. The van der Waals surface area contributed by atoms with Crippen molar-refractivity contribution < 1.29 is 5.11 Å². The second-order valence-electron chi connectivity index (χ2n) is 7.15. The zero-order valence-electron chi connectivity index (χ0n) is 16.9. The number of rotatable bonds is 5. The van der Waals surface area contributed by atoms with Crippen molar-refractivity contribution in [3.05, 3.63) is 96.1 Å². The average Bonchev–Trinajstić information content (AvgIpc) is 2.79. The minimum atomic E-state index is -0.183. The molecule has 3 aromatic carbocycles. The normalized spacial score (nSPS) is 12.2. The van der Waals surface area contributed by atoms with Gasteiger partial charge in [0.1, 0.15) is 5.75 Å². The summed E-state index contributed by atoms with van der Waals surface area (Å²) in [6.07, 6.45) is 0. The number of aromatic hydroxyl groups is 1. The fraction of sp³-hybridized carbons (Fsp3) is 0.120. The zero-order valence-corrected chi connectivity index (χ0v) is 16.9. The van der Waals surface area contributed by atoms with Crippen molar-refractivity contribution in [1.29, 1.82) is 0 Å². The monoisotopic (exact) mass is 394 g/mol. The van der Waals surface area contributed by atoms with Crippen LogP contribution in [0.4, 0.5) is 5.95 Å². The Balaban J connectivity index is 1.71. The molecule has 30 heavy (non-hydrogen) atoms. The third-order valence-corrected chi connectivity index (χ3v) is 4.83. The Morgan fingerprint density at radius 2 is 1.37 bits per heavy atom. The van der Waals surface area contributed by atoms with Crippen molar-refractivity contribution in [3.63, 3.8) is 0 Å². The van der Waals surface area contributed by atoms with E-state index in [1.807, 2.05) is 67.6 Å². The van der Waals surface area contributed by atoms with Gasteiger partial charge in [0.05, 0.1) is 17.4 Å². The van der Waals surface area contributed by atoms with E-state index < -0.39 is 0 Å². The van der Waals surface area contributed by atoms with Crippen molar-refractivity contribution in [1.82, 2.24) is 9.97 Å². The van der Waals surface area contributed by atoms with E-state index in [0.29, 0.717) is 5.95 Å². The summed E-state index contributed by atoms with van der Waals surface area (Å²) in [5.74, 6) is 0.544. The molecule has 0 aliphatic carbocycles. The lowest BCUT2D eigenvalue weighted by Gasteiger charge is -2.08. The van der Waals surface area contributed by atoms with E-state index in [2.05, 4.69) is 39.3 Å². The molecule has 0 saturated heterocycles. The molecule has 0 saturated carbocycles. The lowest BCUT2D eigenvalue weighted by molar-refractivity contribution is 0.475. The zero-order chi connectivity index (χ0) is 20.9. The van der Waals surface area contributed by atoms with Crippen LogP contribution in [0, 0.1) is 6.92 Å². The van der Waals surface area contributed by atoms with Crippen LogP contribution in [-0.4, -0.2) is 15.1 Å². The third kappa shape index (κ3) is 4.58. The summed E-state index contributed by atoms with van der Waals surface area (Å²) in [6.45, 7) is 4.00. The maximum absolute atomic E-state index is 9.47. The average molecular weight is 394 g/mol. The van der Waals surface area contributed by atoms with Crippen molar-refractivity contribution in [2.45, 2.75) is 19.9 Å². The molecule has 1 atom stereocenters. The molecular weight excluding hydrogens is 372 g/mol. The first-order valence-corrected chi connectivity index (χ1v) is 9.80. The molecule has 0 spiro atoms. The van der Waals surface area contributed by atoms with Crippen molar-refractivity contribution >= 4 is 5.95 Å². The van der Waals surface area contributed by atoms with Gasteiger partial charge in [0.15, 0.2) is 0 Å². The maximum atomic E-state index is 9.47. The number of aryl methyl sites for hydroxylation is 1. The van der Waals surface area contributed by atoms with Gasteiger partial charge in [-0.2, -0.15) is 5.11 Å². The summed E-state index contributed by atoms with van der Waals surface area (Å²) in [6, 6.07) is 26.9. The van der Waals surface area contributed by atoms with Gasteiger partial charge in [-0.15, -0.1) is 5.11 Å². The van der Waals surface area contributed by atoms with Gasteiger partial charge in [0, 0.05) is 11.1 Å². The number of phenols is 1. The Morgan fingerprint density at radius 3 is 2.00 bits per heavy atom. The smallest absolute Gasteiger partial charge is 0.269 e. The third-order valence-electron chi connectivity index (χ3n) is 4.83. The van der Waals surface area contributed by atoms with E-state index in [4.69, 9.17) is 0 Å². The molecule has 4 rings (SSSR count). The Labute approximate surface area is 175 Å². The number of benzene rings is 3. The van der Waals surface area contributed by atoms with Crippen molar-refractivity contribution in [3.8, 4) is 28.3 Å². The van der Waals surface area contributed by atoms with Gasteiger partial charge >= 0.3 is 0 Å². The van der Waals surface area contributed by atoms with Crippen LogP contribution in [-0.2, 0) is 0 Å². The molecule has 1 aromatic heterocycles. The number of aromatic nitrogens is 2. The molecule has 5 nitrogen and oxygen atoms in total. The molecule has 0 radical (unpaired) electrons. The second-order valence-corrected chi connectivity index (χ2v) is 7.15. The molecule has 1 heterocycles. The summed E-state index contributed by atoms with van der Waals surface area (Å²) in [5, 5.41) is 18.2. The fourth-order valence-corrected chi connectivity index (χ4v) is 3.07. The standard InChI is InChI=1S/C25H22N4O/c1-17-8-10-21(11-9-17)24-16-23(20-6-4-3-5-7-20)26-25(27-24)29-28-18(2)19-12-14-22(30)15-13-19/h3-16,18,30H,1-2H3. The largest absolute Gasteiger partial charge is 0.508 e. The first-order valence-electron chi connectivity index (χ1n) is 9.80. The Hall–Kier alpha value is -3.86. The number of hydrogen-bond donors (Lipinski definition) is 1. The topological polar surface area (TPSA) is 70.7 Å². The fourth-order valence-electron chi connectivity index (χ4n) is 3.07. The lowest BCUT2D eigenvalue weighted by Crippen LogP contribution is -1.92. The van der Waals surface area contributed by atoms with Gasteiger partial charge in [-0.1, -0.05) is 72.3 Å². The number of azo groups is 1. The van der Waals surface area contributed by atoms with Crippen LogP contribution in [0.1, 0.15) is 24.1 Å². The van der Waals surface area contributed by atoms with Gasteiger partial charge in [0.2, 0.25) is 0 Å². The van der Waals surface area contributed by atoms with Crippen LogP contribution in [0.2, 0.25) is 0 Å². The highest BCUT2D eigenvalue weighted by Crippen LogP contribution is 2.27. The Kier molecular flexibility index (Phi) is 5.61. The van der Waals surface area contributed by atoms with Gasteiger partial charge in [-0.25, -0.2) is 9.97 Å². The summed E-state index contributed by atoms with van der Waals surface area (Å²) in [4.78, 5) is 9.24. The van der Waals surface area contributed by atoms with E-state index in [9.17, 15) is 5.11 Å². The second kappa shape index (κ2) is 8.66.